The molecule has 0 unspecified atom stereocenters. The van der Waals surface area contributed by atoms with Gasteiger partial charge < -0.3 is 24.4 Å². The van der Waals surface area contributed by atoms with E-state index in [2.05, 4.69) is 10.3 Å². The zero-order valence-corrected chi connectivity index (χ0v) is 26.5. The molecule has 238 valence electrons. The number of rotatable bonds is 7. The Morgan fingerprint density at radius 2 is 1.58 bits per heavy atom. The zero-order chi connectivity index (χ0) is 32.0. The van der Waals surface area contributed by atoms with Crippen LogP contribution in [-0.4, -0.2) is 59.9 Å². The highest BCUT2D eigenvalue weighted by molar-refractivity contribution is 5.94. The number of hydrogen-bond donors (Lipinski definition) is 1. The van der Waals surface area contributed by atoms with E-state index in [4.69, 9.17) is 14.2 Å². The Morgan fingerprint density at radius 1 is 0.956 bits per heavy atom. The van der Waals surface area contributed by atoms with E-state index >= 15 is 0 Å². The number of benzene rings is 2. The van der Waals surface area contributed by atoms with Crippen LogP contribution < -0.4 is 10.1 Å². The standard InChI is InChI=1S/C36H42FN3O5/c1-24(39-34(41)29-21-32(23-38-22-29)44-31-15-19-43-20-16-31)25-5-7-26(8-6-25)33(27-9-11-30(37)12-10-27)28-13-17-40(18-14-28)35(42)45-36(2,3)4/h5-12,21-24,31H,13-20H2,1-4H3,(H,39,41)/t24-/m1/s1. The molecule has 8 nitrogen and oxygen atoms in total. The number of carbonyl (C=O) groups excluding carboxylic acids is 2. The van der Waals surface area contributed by atoms with Gasteiger partial charge in [0, 0.05) is 32.1 Å². The zero-order valence-electron chi connectivity index (χ0n) is 26.5. The summed E-state index contributed by atoms with van der Waals surface area (Å²) in [6.45, 7) is 9.96. The summed E-state index contributed by atoms with van der Waals surface area (Å²) < 4.78 is 30.8. The highest BCUT2D eigenvalue weighted by Gasteiger charge is 2.26. The van der Waals surface area contributed by atoms with Gasteiger partial charge in [-0.15, -0.1) is 0 Å². The van der Waals surface area contributed by atoms with Crippen molar-refractivity contribution in [2.24, 2.45) is 0 Å². The quantitative estimate of drug-likeness (QED) is 0.305. The summed E-state index contributed by atoms with van der Waals surface area (Å²) in [6.07, 6.45) is 5.92. The molecule has 45 heavy (non-hydrogen) atoms. The second kappa shape index (κ2) is 14.2. The number of hydrogen-bond acceptors (Lipinski definition) is 6. The number of nitrogens with one attached hydrogen (secondary N) is 1. The van der Waals surface area contributed by atoms with Crippen LogP contribution in [0.3, 0.4) is 0 Å². The van der Waals surface area contributed by atoms with Gasteiger partial charge in [-0.1, -0.05) is 42.0 Å². The lowest BCUT2D eigenvalue weighted by atomic mass is 9.88. The van der Waals surface area contributed by atoms with Crippen molar-refractivity contribution in [1.29, 1.82) is 0 Å². The normalized spacial score (nSPS) is 16.6. The molecule has 1 atom stereocenters. The van der Waals surface area contributed by atoms with E-state index in [1.807, 2.05) is 52.0 Å². The SMILES string of the molecule is C[C@@H](NC(=O)c1cncc(OC2CCOCC2)c1)c1ccc(C(=C2CCN(C(=O)OC(C)(C)C)CC2)c2ccc(F)cc2)cc1. The van der Waals surface area contributed by atoms with Gasteiger partial charge in [0.05, 0.1) is 31.0 Å². The minimum Gasteiger partial charge on any atom is -0.489 e. The van der Waals surface area contributed by atoms with Gasteiger partial charge in [0.2, 0.25) is 0 Å². The fourth-order valence-electron chi connectivity index (χ4n) is 5.62. The molecule has 3 heterocycles. The van der Waals surface area contributed by atoms with Crippen molar-refractivity contribution in [3.8, 4) is 5.75 Å². The van der Waals surface area contributed by atoms with Crippen LogP contribution in [0.15, 0.2) is 72.6 Å². The third-order valence-corrected chi connectivity index (χ3v) is 8.00. The second-order valence-corrected chi connectivity index (χ2v) is 12.6. The molecule has 0 radical (unpaired) electrons. The van der Waals surface area contributed by atoms with Gasteiger partial charge >= 0.3 is 6.09 Å². The molecule has 0 aliphatic carbocycles. The fourth-order valence-corrected chi connectivity index (χ4v) is 5.62. The van der Waals surface area contributed by atoms with Crippen molar-refractivity contribution in [2.75, 3.05) is 26.3 Å². The summed E-state index contributed by atoms with van der Waals surface area (Å²) in [6, 6.07) is 16.1. The Hall–Kier alpha value is -4.24. The molecular weight excluding hydrogens is 573 g/mol. The lowest BCUT2D eigenvalue weighted by molar-refractivity contribution is 0.0235. The molecule has 2 amide bonds. The van der Waals surface area contributed by atoms with Gasteiger partial charge in [0.15, 0.2) is 0 Å². The van der Waals surface area contributed by atoms with Gasteiger partial charge in [-0.3, -0.25) is 9.78 Å². The van der Waals surface area contributed by atoms with E-state index in [9.17, 15) is 14.0 Å². The largest absolute Gasteiger partial charge is 0.489 e. The van der Waals surface area contributed by atoms with Gasteiger partial charge in [0.1, 0.15) is 23.3 Å². The molecule has 2 aliphatic rings. The first-order chi connectivity index (χ1) is 21.6. The first-order valence-corrected chi connectivity index (χ1v) is 15.6. The van der Waals surface area contributed by atoms with Crippen LogP contribution in [0.25, 0.3) is 5.57 Å². The molecule has 0 saturated carbocycles. The van der Waals surface area contributed by atoms with Gasteiger partial charge in [0.25, 0.3) is 5.91 Å². The number of nitrogens with zero attached hydrogens (tertiary/aromatic N) is 2. The Morgan fingerprint density at radius 3 is 2.20 bits per heavy atom. The minimum absolute atomic E-state index is 0.0589. The summed E-state index contributed by atoms with van der Waals surface area (Å²) in [5.41, 5.74) is 4.97. The first-order valence-electron chi connectivity index (χ1n) is 15.6. The van der Waals surface area contributed by atoms with E-state index in [1.165, 1.54) is 23.9 Å². The number of likely N-dealkylation sites (tertiary alicyclic amines) is 1. The van der Waals surface area contributed by atoms with E-state index in [0.29, 0.717) is 50.5 Å². The maximum atomic E-state index is 13.8. The molecule has 2 saturated heterocycles. The third-order valence-electron chi connectivity index (χ3n) is 8.00. The topological polar surface area (TPSA) is 90.0 Å². The lowest BCUT2D eigenvalue weighted by Gasteiger charge is -2.32. The van der Waals surface area contributed by atoms with Crippen molar-refractivity contribution < 1.29 is 28.2 Å². The molecule has 2 fully saturated rings. The fraction of sp³-hybridized carbons (Fsp3) is 0.417. The lowest BCUT2D eigenvalue weighted by Crippen LogP contribution is -2.40. The molecule has 3 aromatic rings. The van der Waals surface area contributed by atoms with E-state index in [0.717, 1.165) is 35.1 Å². The molecule has 1 aromatic heterocycles. The Labute approximate surface area is 264 Å². The van der Waals surface area contributed by atoms with Gasteiger partial charge in [-0.2, -0.15) is 0 Å². The van der Waals surface area contributed by atoms with E-state index in [-0.39, 0.29) is 30.0 Å². The maximum absolute atomic E-state index is 13.8. The Kier molecular flexibility index (Phi) is 10.2. The molecule has 2 aromatic carbocycles. The molecule has 1 N–H and O–H groups in total. The van der Waals surface area contributed by atoms with Crippen LogP contribution >= 0.6 is 0 Å². The van der Waals surface area contributed by atoms with Crippen LogP contribution in [0.5, 0.6) is 5.75 Å². The number of amides is 2. The predicted molar refractivity (Wildman–Crippen MR) is 170 cm³/mol. The number of pyridine rings is 1. The van der Waals surface area contributed by atoms with E-state index in [1.54, 1.807) is 29.3 Å². The highest BCUT2D eigenvalue weighted by atomic mass is 19.1. The maximum Gasteiger partial charge on any atom is 0.410 e. The summed E-state index contributed by atoms with van der Waals surface area (Å²) in [5, 5.41) is 3.07. The summed E-state index contributed by atoms with van der Waals surface area (Å²) in [4.78, 5) is 31.7. The van der Waals surface area contributed by atoms with Crippen LogP contribution in [0.1, 0.15) is 86.5 Å². The first kappa shape index (κ1) is 32.2. The summed E-state index contributed by atoms with van der Waals surface area (Å²) in [7, 11) is 0. The molecular formula is C36H42FN3O5. The number of piperidine rings is 1. The highest BCUT2D eigenvalue weighted by Crippen LogP contribution is 2.33. The smallest absolute Gasteiger partial charge is 0.410 e. The molecule has 5 rings (SSSR count). The van der Waals surface area contributed by atoms with Gasteiger partial charge in [-0.05, 0) is 81.0 Å². The molecule has 9 heteroatoms. The van der Waals surface area contributed by atoms with Crippen LogP contribution in [-0.2, 0) is 9.47 Å². The third kappa shape index (κ3) is 8.69. The average molecular weight is 616 g/mol. The van der Waals surface area contributed by atoms with Crippen LogP contribution in [0.4, 0.5) is 9.18 Å². The summed E-state index contributed by atoms with van der Waals surface area (Å²) in [5.74, 6) is 0.0471. The average Bonchev–Trinajstić information content (AvgIpc) is 3.02. The monoisotopic (exact) mass is 615 g/mol. The van der Waals surface area contributed by atoms with Crippen molar-refractivity contribution >= 4 is 17.6 Å². The number of halogens is 1. The predicted octanol–water partition coefficient (Wildman–Crippen LogP) is 7.10. The molecule has 0 spiro atoms. The van der Waals surface area contributed by atoms with Crippen LogP contribution in [0, 0.1) is 5.82 Å². The van der Waals surface area contributed by atoms with Gasteiger partial charge in [-0.25, -0.2) is 9.18 Å². The number of carbonyl (C=O) groups is 2. The van der Waals surface area contributed by atoms with Crippen molar-refractivity contribution in [2.45, 2.75) is 71.1 Å². The molecule has 0 bridgehead atoms. The Bertz CT molecular complexity index is 1500. The molecule has 2 aliphatic heterocycles. The summed E-state index contributed by atoms with van der Waals surface area (Å²) >= 11 is 0. The Balaban J connectivity index is 1.29. The minimum atomic E-state index is -0.551. The van der Waals surface area contributed by atoms with E-state index < -0.39 is 5.60 Å². The van der Waals surface area contributed by atoms with Crippen molar-refractivity contribution in [3.63, 3.8) is 0 Å². The van der Waals surface area contributed by atoms with Crippen molar-refractivity contribution in [1.82, 2.24) is 15.2 Å². The van der Waals surface area contributed by atoms with Crippen LogP contribution in [0.2, 0.25) is 0 Å². The number of ether oxygens (including phenoxy) is 3. The number of aromatic nitrogens is 1. The van der Waals surface area contributed by atoms with Crippen molar-refractivity contribution in [3.05, 3.63) is 101 Å². The second-order valence-electron chi connectivity index (χ2n) is 12.6.